The molecule has 33 heavy (non-hydrogen) atoms. The van der Waals surface area contributed by atoms with Gasteiger partial charge in [-0.05, 0) is 67.6 Å². The van der Waals surface area contributed by atoms with Crippen molar-refractivity contribution in [3.05, 3.63) is 71.5 Å². The molecule has 0 radical (unpaired) electrons. The molecule has 4 rings (SSSR count). The summed E-state index contributed by atoms with van der Waals surface area (Å²) in [4.78, 5) is 17.7. The van der Waals surface area contributed by atoms with Crippen LogP contribution in [0.5, 0.6) is 5.75 Å². The SMILES string of the molecule is COc1ccc2cc([C@H](C)C(=O)NC(C)c3cc(F)ccc3N3CCN(C)CC3)ccc2c1. The number of nitrogens with one attached hydrogen (secondary N) is 1. The van der Waals surface area contributed by atoms with E-state index in [1.165, 1.54) is 6.07 Å². The van der Waals surface area contributed by atoms with Crippen molar-refractivity contribution in [2.45, 2.75) is 25.8 Å². The largest absolute Gasteiger partial charge is 0.497 e. The molecule has 0 aromatic heterocycles. The van der Waals surface area contributed by atoms with Crippen LogP contribution in [0.15, 0.2) is 54.6 Å². The van der Waals surface area contributed by atoms with Gasteiger partial charge in [0.2, 0.25) is 5.91 Å². The number of fused-ring (bicyclic) bond motifs is 1. The lowest BCUT2D eigenvalue weighted by Crippen LogP contribution is -2.45. The van der Waals surface area contributed by atoms with Crippen LogP contribution >= 0.6 is 0 Å². The van der Waals surface area contributed by atoms with E-state index in [0.717, 1.165) is 59.5 Å². The lowest BCUT2D eigenvalue weighted by molar-refractivity contribution is -0.122. The molecule has 3 aromatic rings. The van der Waals surface area contributed by atoms with Crippen molar-refractivity contribution in [1.29, 1.82) is 0 Å². The van der Waals surface area contributed by atoms with Crippen molar-refractivity contribution in [2.75, 3.05) is 45.2 Å². The zero-order chi connectivity index (χ0) is 23.5. The standard InChI is InChI=1S/C27H32FN3O2/c1-18(20-5-6-22-16-24(33-4)9-7-21(22)15-20)27(32)29-19(2)25-17-23(28)8-10-26(25)31-13-11-30(3)12-14-31/h5-10,15-19H,11-14H2,1-4H3,(H,29,32)/t18-,19?/m0/s1. The third-order valence-corrected chi connectivity index (χ3v) is 6.62. The van der Waals surface area contributed by atoms with Gasteiger partial charge in [-0.2, -0.15) is 0 Å². The summed E-state index contributed by atoms with van der Waals surface area (Å²) >= 11 is 0. The molecule has 0 bridgehead atoms. The van der Waals surface area contributed by atoms with Crippen LogP contribution in [0.25, 0.3) is 10.8 Å². The van der Waals surface area contributed by atoms with Crippen molar-refractivity contribution in [3.8, 4) is 5.75 Å². The molecule has 1 N–H and O–H groups in total. The number of carbonyl (C=O) groups excluding carboxylic acids is 1. The van der Waals surface area contributed by atoms with Gasteiger partial charge in [0.25, 0.3) is 0 Å². The molecule has 0 spiro atoms. The Balaban J connectivity index is 1.51. The van der Waals surface area contributed by atoms with E-state index in [1.54, 1.807) is 13.2 Å². The Morgan fingerprint density at radius 2 is 1.67 bits per heavy atom. The highest BCUT2D eigenvalue weighted by Crippen LogP contribution is 2.30. The van der Waals surface area contributed by atoms with Gasteiger partial charge in [0, 0.05) is 37.4 Å². The number of piperazine rings is 1. The third kappa shape index (κ3) is 5.11. The average molecular weight is 450 g/mol. The molecule has 1 heterocycles. The zero-order valence-corrected chi connectivity index (χ0v) is 19.8. The molecule has 174 valence electrons. The summed E-state index contributed by atoms with van der Waals surface area (Å²) in [7, 11) is 3.76. The van der Waals surface area contributed by atoms with Gasteiger partial charge in [0.1, 0.15) is 11.6 Å². The van der Waals surface area contributed by atoms with E-state index < -0.39 is 0 Å². The van der Waals surface area contributed by atoms with E-state index in [-0.39, 0.29) is 23.7 Å². The molecule has 0 saturated carbocycles. The van der Waals surface area contributed by atoms with Crippen molar-refractivity contribution >= 4 is 22.4 Å². The number of halogens is 1. The molecule has 1 aliphatic rings. The van der Waals surface area contributed by atoms with Crippen LogP contribution in [0, 0.1) is 5.82 Å². The number of hydrogen-bond donors (Lipinski definition) is 1. The quantitative estimate of drug-likeness (QED) is 0.592. The monoisotopic (exact) mass is 449 g/mol. The van der Waals surface area contributed by atoms with Crippen molar-refractivity contribution in [2.24, 2.45) is 0 Å². The number of anilines is 1. The maximum absolute atomic E-state index is 14.2. The van der Waals surface area contributed by atoms with E-state index >= 15 is 0 Å². The Labute approximate surface area is 195 Å². The summed E-state index contributed by atoms with van der Waals surface area (Å²) in [5, 5.41) is 5.24. The van der Waals surface area contributed by atoms with Crippen LogP contribution in [0.2, 0.25) is 0 Å². The molecule has 1 unspecified atom stereocenters. The van der Waals surface area contributed by atoms with Crippen LogP contribution in [0.1, 0.15) is 36.9 Å². The fourth-order valence-corrected chi connectivity index (χ4v) is 4.41. The van der Waals surface area contributed by atoms with E-state index in [0.29, 0.717) is 0 Å². The molecular formula is C27H32FN3O2. The summed E-state index contributed by atoms with van der Waals surface area (Å²) in [6.07, 6.45) is 0. The highest BCUT2D eigenvalue weighted by atomic mass is 19.1. The first-order chi connectivity index (χ1) is 15.9. The van der Waals surface area contributed by atoms with Crippen LogP contribution in [-0.4, -0.2) is 51.1 Å². The highest BCUT2D eigenvalue weighted by molar-refractivity contribution is 5.88. The van der Waals surface area contributed by atoms with Gasteiger partial charge in [0.15, 0.2) is 0 Å². The van der Waals surface area contributed by atoms with Gasteiger partial charge in [-0.3, -0.25) is 4.79 Å². The molecule has 0 aliphatic carbocycles. The first-order valence-corrected chi connectivity index (χ1v) is 11.5. The molecule has 1 aliphatic heterocycles. The van der Waals surface area contributed by atoms with Gasteiger partial charge in [-0.25, -0.2) is 4.39 Å². The molecule has 1 fully saturated rings. The number of carbonyl (C=O) groups is 1. The number of rotatable bonds is 6. The van der Waals surface area contributed by atoms with E-state index in [1.807, 2.05) is 56.3 Å². The van der Waals surface area contributed by atoms with Gasteiger partial charge in [-0.1, -0.05) is 24.3 Å². The van der Waals surface area contributed by atoms with E-state index in [4.69, 9.17) is 4.74 Å². The highest BCUT2D eigenvalue weighted by Gasteiger charge is 2.23. The maximum Gasteiger partial charge on any atom is 0.227 e. The van der Waals surface area contributed by atoms with Crippen LogP contribution in [0.4, 0.5) is 10.1 Å². The van der Waals surface area contributed by atoms with E-state index in [2.05, 4.69) is 22.2 Å². The Morgan fingerprint density at radius 3 is 2.39 bits per heavy atom. The number of benzene rings is 3. The molecule has 2 atom stereocenters. The van der Waals surface area contributed by atoms with Gasteiger partial charge in [0.05, 0.1) is 19.1 Å². The lowest BCUT2D eigenvalue weighted by atomic mass is 9.96. The van der Waals surface area contributed by atoms with Crippen molar-refractivity contribution < 1.29 is 13.9 Å². The second-order valence-electron chi connectivity index (χ2n) is 8.92. The van der Waals surface area contributed by atoms with Crippen molar-refractivity contribution in [1.82, 2.24) is 10.2 Å². The summed E-state index contributed by atoms with van der Waals surface area (Å²) in [6, 6.07) is 16.5. The Hall–Kier alpha value is -3.12. The summed E-state index contributed by atoms with van der Waals surface area (Å²) in [6.45, 7) is 7.51. The number of methoxy groups -OCH3 is 1. The predicted molar refractivity (Wildman–Crippen MR) is 132 cm³/mol. The molecule has 6 heteroatoms. The van der Waals surface area contributed by atoms with Crippen LogP contribution < -0.4 is 15.0 Å². The minimum atomic E-state index is -0.334. The summed E-state index contributed by atoms with van der Waals surface area (Å²) in [5.41, 5.74) is 2.74. The maximum atomic E-state index is 14.2. The second-order valence-corrected chi connectivity index (χ2v) is 8.92. The normalized spacial score (nSPS) is 16.5. The molecule has 1 saturated heterocycles. The van der Waals surface area contributed by atoms with Gasteiger partial charge < -0.3 is 19.9 Å². The molecule has 5 nitrogen and oxygen atoms in total. The predicted octanol–water partition coefficient (Wildman–Crippen LogP) is 4.72. The van der Waals surface area contributed by atoms with Crippen LogP contribution in [-0.2, 0) is 4.79 Å². The number of hydrogen-bond acceptors (Lipinski definition) is 4. The van der Waals surface area contributed by atoms with Gasteiger partial charge >= 0.3 is 0 Å². The minimum Gasteiger partial charge on any atom is -0.497 e. The average Bonchev–Trinajstić information content (AvgIpc) is 2.83. The number of likely N-dealkylation sites (N-methyl/N-ethyl adjacent to an activating group) is 1. The molecule has 3 aromatic carbocycles. The number of amides is 1. The zero-order valence-electron chi connectivity index (χ0n) is 19.8. The minimum absolute atomic E-state index is 0.0797. The van der Waals surface area contributed by atoms with Gasteiger partial charge in [-0.15, -0.1) is 0 Å². The first-order valence-electron chi connectivity index (χ1n) is 11.5. The van der Waals surface area contributed by atoms with Crippen LogP contribution in [0.3, 0.4) is 0 Å². The fraction of sp³-hybridized carbons (Fsp3) is 0.370. The molecule has 1 amide bonds. The molecular weight excluding hydrogens is 417 g/mol. The number of ether oxygens (including phenoxy) is 1. The topological polar surface area (TPSA) is 44.8 Å². The summed E-state index contributed by atoms with van der Waals surface area (Å²) in [5.74, 6) is 0.103. The van der Waals surface area contributed by atoms with Crippen molar-refractivity contribution in [3.63, 3.8) is 0 Å². The Bertz CT molecular complexity index is 1140. The van der Waals surface area contributed by atoms with E-state index in [9.17, 15) is 9.18 Å². The fourth-order valence-electron chi connectivity index (χ4n) is 4.41. The lowest BCUT2D eigenvalue weighted by Gasteiger charge is -2.36. The first kappa shape index (κ1) is 23.1. The number of nitrogens with zero attached hydrogens (tertiary/aromatic N) is 2. The smallest absolute Gasteiger partial charge is 0.227 e. The third-order valence-electron chi connectivity index (χ3n) is 6.62. The summed E-state index contributed by atoms with van der Waals surface area (Å²) < 4.78 is 19.4. The Kier molecular flexibility index (Phi) is 6.84. The Morgan fingerprint density at radius 1 is 0.970 bits per heavy atom. The second kappa shape index (κ2) is 9.79.